The summed E-state index contributed by atoms with van der Waals surface area (Å²) in [6.07, 6.45) is -4.28. The number of aryl methyl sites for hydroxylation is 3. The number of benzene rings is 1. The van der Waals surface area contributed by atoms with Gasteiger partial charge in [-0.1, -0.05) is 19.1 Å². The predicted octanol–water partition coefficient (Wildman–Crippen LogP) is 3.84. The van der Waals surface area contributed by atoms with Crippen molar-refractivity contribution in [2.75, 3.05) is 19.8 Å². The van der Waals surface area contributed by atoms with Gasteiger partial charge in [-0.3, -0.25) is 0 Å². The van der Waals surface area contributed by atoms with Gasteiger partial charge < -0.3 is 10.1 Å². The molecular weight excluding hydrogens is 267 g/mol. The minimum atomic E-state index is -4.28. The molecule has 0 bridgehead atoms. The van der Waals surface area contributed by atoms with Crippen molar-refractivity contribution >= 4 is 0 Å². The van der Waals surface area contributed by atoms with Crippen molar-refractivity contribution in [2.45, 2.75) is 39.9 Å². The van der Waals surface area contributed by atoms with Gasteiger partial charge in [-0.05, 0) is 49.6 Å². The fraction of sp³-hybridized carbons (Fsp3) is 0.600. The van der Waals surface area contributed by atoms with Crippen LogP contribution in [0.2, 0.25) is 0 Å². The third-order valence-electron chi connectivity index (χ3n) is 3.26. The van der Waals surface area contributed by atoms with Crippen LogP contribution in [0.5, 0.6) is 0 Å². The summed E-state index contributed by atoms with van der Waals surface area (Å²) in [5.74, 6) is 0. The molecule has 0 heterocycles. The third-order valence-corrected chi connectivity index (χ3v) is 3.26. The quantitative estimate of drug-likeness (QED) is 0.859. The second-order valence-electron chi connectivity index (χ2n) is 5.03. The maximum Gasteiger partial charge on any atom is 0.411 e. The Kier molecular flexibility index (Phi) is 6.02. The molecule has 0 aliphatic rings. The van der Waals surface area contributed by atoms with Crippen LogP contribution in [0.4, 0.5) is 13.2 Å². The van der Waals surface area contributed by atoms with E-state index < -0.39 is 12.8 Å². The van der Waals surface area contributed by atoms with Crippen LogP contribution in [0.1, 0.15) is 35.2 Å². The first-order valence-electron chi connectivity index (χ1n) is 6.70. The molecule has 1 rings (SSSR count). The Hall–Kier alpha value is -1.07. The zero-order valence-corrected chi connectivity index (χ0v) is 12.4. The second kappa shape index (κ2) is 7.09. The van der Waals surface area contributed by atoms with E-state index >= 15 is 0 Å². The van der Waals surface area contributed by atoms with Crippen molar-refractivity contribution in [1.29, 1.82) is 0 Å². The molecule has 1 atom stereocenters. The van der Waals surface area contributed by atoms with Gasteiger partial charge in [0.2, 0.25) is 0 Å². The topological polar surface area (TPSA) is 21.3 Å². The Bertz CT molecular complexity index is 443. The summed E-state index contributed by atoms with van der Waals surface area (Å²) >= 11 is 0. The zero-order valence-electron chi connectivity index (χ0n) is 12.4. The first-order chi connectivity index (χ1) is 9.24. The smallest absolute Gasteiger partial charge is 0.370 e. The van der Waals surface area contributed by atoms with Gasteiger partial charge in [0.05, 0.1) is 12.6 Å². The van der Waals surface area contributed by atoms with Crippen LogP contribution in [0, 0.1) is 20.8 Å². The highest BCUT2D eigenvalue weighted by atomic mass is 19.4. The highest BCUT2D eigenvalue weighted by Crippen LogP contribution is 2.23. The molecule has 0 radical (unpaired) electrons. The van der Waals surface area contributed by atoms with Crippen LogP contribution in [0.25, 0.3) is 0 Å². The molecule has 0 amide bonds. The van der Waals surface area contributed by atoms with Gasteiger partial charge in [0, 0.05) is 0 Å². The normalized spacial score (nSPS) is 13.6. The van der Waals surface area contributed by atoms with Gasteiger partial charge in [-0.25, -0.2) is 0 Å². The first kappa shape index (κ1) is 17.0. The number of hydrogen-bond donors (Lipinski definition) is 1. The van der Waals surface area contributed by atoms with Gasteiger partial charge in [0.15, 0.2) is 0 Å². The Balaban J connectivity index is 2.83. The highest BCUT2D eigenvalue weighted by Gasteiger charge is 2.28. The summed E-state index contributed by atoms with van der Waals surface area (Å²) in [7, 11) is 0. The highest BCUT2D eigenvalue weighted by molar-refractivity contribution is 5.38. The van der Waals surface area contributed by atoms with E-state index in [1.807, 2.05) is 33.8 Å². The Morgan fingerprint density at radius 2 is 1.70 bits per heavy atom. The Morgan fingerprint density at radius 3 is 2.25 bits per heavy atom. The summed E-state index contributed by atoms with van der Waals surface area (Å²) in [6, 6.07) is 3.86. The van der Waals surface area contributed by atoms with E-state index in [0.717, 1.165) is 16.7 Å². The Labute approximate surface area is 118 Å². The standard InChI is InChI=1S/C15H22F3NO/c1-5-19-14(8-20-9-15(16,17)18)13-7-11(3)10(2)6-12(13)4/h6-7,14,19H,5,8-9H2,1-4H3. The van der Waals surface area contributed by atoms with Crippen molar-refractivity contribution in [3.8, 4) is 0 Å². The van der Waals surface area contributed by atoms with Crippen molar-refractivity contribution in [3.63, 3.8) is 0 Å². The summed E-state index contributed by atoms with van der Waals surface area (Å²) < 4.78 is 41.2. The number of likely N-dealkylation sites (N-methyl/N-ethyl adjacent to an activating group) is 1. The minimum absolute atomic E-state index is 0.0106. The van der Waals surface area contributed by atoms with Crippen molar-refractivity contribution < 1.29 is 17.9 Å². The van der Waals surface area contributed by atoms with Gasteiger partial charge in [-0.2, -0.15) is 13.2 Å². The molecule has 20 heavy (non-hydrogen) atoms. The van der Waals surface area contributed by atoms with Gasteiger partial charge in [-0.15, -0.1) is 0 Å². The van der Waals surface area contributed by atoms with Crippen molar-refractivity contribution in [2.24, 2.45) is 0 Å². The van der Waals surface area contributed by atoms with E-state index in [2.05, 4.69) is 11.4 Å². The van der Waals surface area contributed by atoms with Gasteiger partial charge in [0.25, 0.3) is 0 Å². The fourth-order valence-corrected chi connectivity index (χ4v) is 2.16. The number of halogens is 3. The van der Waals surface area contributed by atoms with Crippen LogP contribution in [-0.2, 0) is 4.74 Å². The number of ether oxygens (including phenoxy) is 1. The second-order valence-corrected chi connectivity index (χ2v) is 5.03. The largest absolute Gasteiger partial charge is 0.411 e. The molecule has 1 aromatic rings. The number of nitrogens with one attached hydrogen (secondary N) is 1. The predicted molar refractivity (Wildman–Crippen MR) is 73.9 cm³/mol. The summed E-state index contributed by atoms with van der Waals surface area (Å²) in [4.78, 5) is 0. The van der Waals surface area contributed by atoms with Crippen molar-refractivity contribution in [1.82, 2.24) is 5.32 Å². The lowest BCUT2D eigenvalue weighted by atomic mass is 9.96. The lowest BCUT2D eigenvalue weighted by molar-refractivity contribution is -0.175. The molecule has 0 aromatic heterocycles. The lowest BCUT2D eigenvalue weighted by Gasteiger charge is -2.22. The SMILES string of the molecule is CCNC(COCC(F)(F)F)c1cc(C)c(C)cc1C. The summed E-state index contributed by atoms with van der Waals surface area (Å²) in [5, 5.41) is 3.18. The van der Waals surface area contributed by atoms with E-state index in [4.69, 9.17) is 4.74 Å². The monoisotopic (exact) mass is 289 g/mol. The van der Waals surface area contributed by atoms with Crippen LogP contribution in [0.3, 0.4) is 0 Å². The molecule has 0 saturated heterocycles. The van der Waals surface area contributed by atoms with Gasteiger partial charge >= 0.3 is 6.18 Å². The lowest BCUT2D eigenvalue weighted by Crippen LogP contribution is -2.28. The fourth-order valence-electron chi connectivity index (χ4n) is 2.16. The average Bonchev–Trinajstić information content (AvgIpc) is 2.31. The van der Waals surface area contributed by atoms with E-state index in [0.29, 0.717) is 6.54 Å². The van der Waals surface area contributed by atoms with Crippen molar-refractivity contribution in [3.05, 3.63) is 34.4 Å². The Morgan fingerprint density at radius 1 is 1.10 bits per heavy atom. The molecule has 0 fully saturated rings. The van der Waals surface area contributed by atoms with E-state index in [1.54, 1.807) is 0 Å². The maximum atomic E-state index is 12.1. The molecule has 2 nitrogen and oxygen atoms in total. The molecule has 0 aliphatic heterocycles. The van der Waals surface area contributed by atoms with Crippen LogP contribution >= 0.6 is 0 Å². The number of rotatable bonds is 6. The minimum Gasteiger partial charge on any atom is -0.370 e. The molecule has 1 aromatic carbocycles. The molecule has 1 N–H and O–H groups in total. The number of alkyl halides is 3. The molecule has 0 aliphatic carbocycles. The van der Waals surface area contributed by atoms with Crippen LogP contribution in [-0.4, -0.2) is 25.9 Å². The average molecular weight is 289 g/mol. The molecule has 0 spiro atoms. The maximum absolute atomic E-state index is 12.1. The van der Waals surface area contributed by atoms with Gasteiger partial charge in [0.1, 0.15) is 6.61 Å². The van der Waals surface area contributed by atoms with E-state index in [9.17, 15) is 13.2 Å². The first-order valence-corrected chi connectivity index (χ1v) is 6.70. The molecule has 0 saturated carbocycles. The molecule has 5 heteroatoms. The number of hydrogen-bond acceptors (Lipinski definition) is 2. The summed E-state index contributed by atoms with van der Waals surface area (Å²) in [6.45, 7) is 7.39. The van der Waals surface area contributed by atoms with E-state index in [1.165, 1.54) is 5.56 Å². The molecule has 1 unspecified atom stereocenters. The van der Waals surface area contributed by atoms with Crippen LogP contribution in [0.15, 0.2) is 12.1 Å². The van der Waals surface area contributed by atoms with Crippen LogP contribution < -0.4 is 5.32 Å². The zero-order chi connectivity index (χ0) is 15.3. The third kappa shape index (κ3) is 5.13. The molecule has 114 valence electrons. The summed E-state index contributed by atoms with van der Waals surface area (Å²) in [5.41, 5.74) is 4.37. The van der Waals surface area contributed by atoms with E-state index in [-0.39, 0.29) is 12.6 Å². The molecular formula is C15H22F3NO.